The van der Waals surface area contributed by atoms with Gasteiger partial charge in [-0.1, -0.05) is 12.1 Å². The normalized spacial score (nSPS) is 21.0. The third-order valence-corrected chi connectivity index (χ3v) is 9.31. The molecular formula is C26H26FN5O2S2. The fraction of sp³-hybridized carbons (Fsp3) is 0.385. The molecule has 2 amide bonds. The summed E-state index contributed by atoms with van der Waals surface area (Å²) in [5.41, 5.74) is 2.81. The van der Waals surface area contributed by atoms with Crippen LogP contribution in [0.3, 0.4) is 0 Å². The van der Waals surface area contributed by atoms with E-state index in [9.17, 15) is 14.0 Å². The second-order valence-corrected chi connectivity index (χ2v) is 11.7. The molecule has 1 aliphatic carbocycles. The number of nitrogens with one attached hydrogen (secondary N) is 1. The molecule has 0 unspecified atom stereocenters. The Morgan fingerprint density at radius 3 is 2.86 bits per heavy atom. The molecule has 1 saturated heterocycles. The van der Waals surface area contributed by atoms with Crippen molar-refractivity contribution in [2.45, 2.75) is 52.1 Å². The van der Waals surface area contributed by atoms with Gasteiger partial charge < -0.3 is 10.2 Å². The Morgan fingerprint density at radius 2 is 2.03 bits per heavy atom. The van der Waals surface area contributed by atoms with E-state index in [-0.39, 0.29) is 29.7 Å². The first-order valence-corrected chi connectivity index (χ1v) is 13.8. The molecule has 1 N–H and O–H groups in total. The highest BCUT2D eigenvalue weighted by molar-refractivity contribution is 7.15. The number of benzene rings is 1. The number of thiazole rings is 2. The van der Waals surface area contributed by atoms with Crippen LogP contribution in [0.4, 0.5) is 4.39 Å². The minimum Gasteiger partial charge on any atom is -0.349 e. The van der Waals surface area contributed by atoms with Crippen LogP contribution in [-0.4, -0.2) is 49.7 Å². The summed E-state index contributed by atoms with van der Waals surface area (Å²) >= 11 is 2.90. The lowest BCUT2D eigenvalue weighted by Gasteiger charge is -2.35. The standard InChI is InChI=1S/C26H26FN5O2S2/c1-13-18(5-4-6-19(13)27)23-21(30-15(3)36-23)25(34)32-17-8-7-16(11-17)20(32)12-28-24(33)22-14(2)29-26-31(22)9-10-35-26/h4-6,9-10,16-17,20H,7-8,11-12H2,1-3H3,(H,28,33)/t16-,17+,20+/m0/s1. The van der Waals surface area contributed by atoms with Crippen LogP contribution in [0.5, 0.6) is 0 Å². The number of aromatic nitrogens is 3. The van der Waals surface area contributed by atoms with Crippen LogP contribution in [0.15, 0.2) is 29.8 Å². The second-order valence-electron chi connectivity index (χ2n) is 9.64. The first-order valence-electron chi connectivity index (χ1n) is 12.1. The SMILES string of the molecule is Cc1nc(C(=O)N2[C@@H]3CC[C@@H](C3)[C@H]2CNC(=O)c2c(C)nc3sccn23)c(-c2cccc(F)c2C)s1. The Labute approximate surface area is 216 Å². The molecule has 2 fully saturated rings. The molecule has 6 rings (SSSR count). The van der Waals surface area contributed by atoms with Gasteiger partial charge in [0, 0.05) is 24.2 Å². The van der Waals surface area contributed by atoms with Crippen molar-refractivity contribution in [2.75, 3.05) is 6.54 Å². The summed E-state index contributed by atoms with van der Waals surface area (Å²) < 4.78 is 16.1. The van der Waals surface area contributed by atoms with Crippen molar-refractivity contribution in [3.05, 3.63) is 63.2 Å². The van der Waals surface area contributed by atoms with Gasteiger partial charge in [0.2, 0.25) is 0 Å². The highest BCUT2D eigenvalue weighted by atomic mass is 32.1. The predicted molar refractivity (Wildman–Crippen MR) is 138 cm³/mol. The molecule has 2 aliphatic rings. The van der Waals surface area contributed by atoms with E-state index in [0.29, 0.717) is 45.5 Å². The molecule has 0 spiro atoms. The van der Waals surface area contributed by atoms with Gasteiger partial charge in [-0.15, -0.1) is 22.7 Å². The van der Waals surface area contributed by atoms with Crippen molar-refractivity contribution in [3.8, 4) is 10.4 Å². The maximum Gasteiger partial charge on any atom is 0.274 e. The molecular weight excluding hydrogens is 497 g/mol. The van der Waals surface area contributed by atoms with Crippen LogP contribution in [0.2, 0.25) is 0 Å². The van der Waals surface area contributed by atoms with Crippen molar-refractivity contribution in [1.29, 1.82) is 0 Å². The average molecular weight is 524 g/mol. The lowest BCUT2D eigenvalue weighted by atomic mass is 9.97. The molecule has 4 heterocycles. The van der Waals surface area contributed by atoms with Crippen LogP contribution in [0.1, 0.15) is 56.5 Å². The number of likely N-dealkylation sites (tertiary alicyclic amines) is 1. The molecule has 10 heteroatoms. The van der Waals surface area contributed by atoms with E-state index in [1.54, 1.807) is 13.0 Å². The summed E-state index contributed by atoms with van der Waals surface area (Å²) in [6, 6.07) is 4.97. The number of halogens is 1. The second kappa shape index (κ2) is 8.77. The number of amides is 2. The third kappa shape index (κ3) is 3.66. The molecule has 2 bridgehead atoms. The van der Waals surface area contributed by atoms with E-state index in [0.717, 1.165) is 29.2 Å². The van der Waals surface area contributed by atoms with E-state index < -0.39 is 0 Å². The fourth-order valence-electron chi connectivity index (χ4n) is 5.85. The summed E-state index contributed by atoms with van der Waals surface area (Å²) in [6.45, 7) is 5.81. The number of rotatable bonds is 5. The van der Waals surface area contributed by atoms with Gasteiger partial charge in [0.15, 0.2) is 4.96 Å². The predicted octanol–water partition coefficient (Wildman–Crippen LogP) is 5.01. The molecule has 4 aromatic rings. The number of imidazole rings is 1. The zero-order valence-corrected chi connectivity index (χ0v) is 21.9. The van der Waals surface area contributed by atoms with Crippen LogP contribution in [-0.2, 0) is 0 Å². The fourth-order valence-corrected chi connectivity index (χ4v) is 7.60. The van der Waals surface area contributed by atoms with Crippen LogP contribution in [0, 0.1) is 32.5 Å². The lowest BCUT2D eigenvalue weighted by Crippen LogP contribution is -2.50. The minimum atomic E-state index is -0.298. The van der Waals surface area contributed by atoms with Gasteiger partial charge >= 0.3 is 0 Å². The van der Waals surface area contributed by atoms with Crippen molar-refractivity contribution >= 4 is 39.4 Å². The maximum absolute atomic E-state index is 14.3. The van der Waals surface area contributed by atoms with Crippen molar-refractivity contribution < 1.29 is 14.0 Å². The number of piperidine rings is 1. The number of carbonyl (C=O) groups is 2. The molecule has 1 aromatic carbocycles. The van der Waals surface area contributed by atoms with Crippen LogP contribution >= 0.6 is 22.7 Å². The summed E-state index contributed by atoms with van der Waals surface area (Å²) in [5, 5.41) is 5.75. The minimum absolute atomic E-state index is 0.102. The Morgan fingerprint density at radius 1 is 1.19 bits per heavy atom. The Kier molecular flexibility index (Phi) is 5.68. The summed E-state index contributed by atoms with van der Waals surface area (Å²) in [4.78, 5) is 39.6. The van der Waals surface area contributed by atoms with E-state index in [1.807, 2.05) is 40.8 Å². The summed E-state index contributed by atoms with van der Waals surface area (Å²) in [5.74, 6) is -0.280. The molecule has 3 aromatic heterocycles. The third-order valence-electron chi connectivity index (χ3n) is 7.55. The van der Waals surface area contributed by atoms with Gasteiger partial charge in [0.05, 0.1) is 21.6 Å². The average Bonchev–Trinajstić information content (AvgIpc) is 3.65. The smallest absolute Gasteiger partial charge is 0.274 e. The lowest BCUT2D eigenvalue weighted by molar-refractivity contribution is 0.0577. The van der Waals surface area contributed by atoms with Gasteiger partial charge in [-0.3, -0.25) is 14.0 Å². The number of fused-ring (bicyclic) bond motifs is 3. The zero-order chi connectivity index (χ0) is 25.1. The summed E-state index contributed by atoms with van der Waals surface area (Å²) in [7, 11) is 0. The first-order chi connectivity index (χ1) is 17.3. The molecule has 1 aliphatic heterocycles. The number of aryl methyl sites for hydroxylation is 2. The molecule has 7 nitrogen and oxygen atoms in total. The number of nitrogens with zero attached hydrogens (tertiary/aromatic N) is 4. The highest BCUT2D eigenvalue weighted by Crippen LogP contribution is 2.44. The van der Waals surface area contributed by atoms with Crippen molar-refractivity contribution in [2.24, 2.45) is 5.92 Å². The number of hydrogen-bond acceptors (Lipinski definition) is 6. The van der Waals surface area contributed by atoms with E-state index in [4.69, 9.17) is 0 Å². The molecule has 36 heavy (non-hydrogen) atoms. The van der Waals surface area contributed by atoms with Crippen molar-refractivity contribution in [3.63, 3.8) is 0 Å². The van der Waals surface area contributed by atoms with Crippen molar-refractivity contribution in [1.82, 2.24) is 24.6 Å². The number of hydrogen-bond donors (Lipinski definition) is 1. The Bertz CT molecular complexity index is 1510. The Balaban J connectivity index is 1.28. The highest BCUT2D eigenvalue weighted by Gasteiger charge is 2.49. The summed E-state index contributed by atoms with van der Waals surface area (Å²) in [6.07, 6.45) is 4.78. The molecule has 1 saturated carbocycles. The first kappa shape index (κ1) is 23.3. The van der Waals surface area contributed by atoms with E-state index >= 15 is 0 Å². The molecule has 3 atom stereocenters. The van der Waals surface area contributed by atoms with Gasteiger partial charge in [-0.2, -0.15) is 0 Å². The zero-order valence-electron chi connectivity index (χ0n) is 20.2. The van der Waals surface area contributed by atoms with E-state index in [2.05, 4.69) is 15.3 Å². The van der Waals surface area contributed by atoms with Gasteiger partial charge in [-0.25, -0.2) is 14.4 Å². The quantitative estimate of drug-likeness (QED) is 0.399. The maximum atomic E-state index is 14.3. The van der Waals surface area contributed by atoms with Gasteiger partial charge in [0.1, 0.15) is 17.2 Å². The van der Waals surface area contributed by atoms with Gasteiger partial charge in [0.25, 0.3) is 11.8 Å². The Hall–Kier alpha value is -3.11. The monoisotopic (exact) mass is 523 g/mol. The van der Waals surface area contributed by atoms with Crippen LogP contribution < -0.4 is 5.32 Å². The molecule has 0 radical (unpaired) electrons. The topological polar surface area (TPSA) is 79.6 Å². The largest absolute Gasteiger partial charge is 0.349 e. The van der Waals surface area contributed by atoms with Gasteiger partial charge in [-0.05, 0) is 63.1 Å². The number of carbonyl (C=O) groups excluding carboxylic acids is 2. The van der Waals surface area contributed by atoms with Crippen LogP contribution in [0.25, 0.3) is 15.4 Å². The van der Waals surface area contributed by atoms with E-state index in [1.165, 1.54) is 28.7 Å². The molecule has 186 valence electrons.